The Bertz CT molecular complexity index is 501. The number of ether oxygens (including phenoxy) is 1. The van der Waals surface area contributed by atoms with Crippen molar-refractivity contribution < 1.29 is 9.13 Å². The zero-order valence-corrected chi connectivity index (χ0v) is 16.7. The second-order valence-electron chi connectivity index (χ2n) is 6.30. The van der Waals surface area contributed by atoms with Gasteiger partial charge in [0.05, 0.1) is 6.54 Å². The van der Waals surface area contributed by atoms with Crippen molar-refractivity contribution in [1.82, 2.24) is 9.80 Å². The molecule has 2 rings (SSSR count). The van der Waals surface area contributed by atoms with Gasteiger partial charge in [0.1, 0.15) is 5.82 Å². The highest BCUT2D eigenvalue weighted by Crippen LogP contribution is 2.35. The third-order valence-corrected chi connectivity index (χ3v) is 4.23. The predicted molar refractivity (Wildman–Crippen MR) is 103 cm³/mol. The maximum Gasteiger partial charge on any atom is 0.195 e. The highest BCUT2D eigenvalue weighted by atomic mass is 127. The molecule has 0 saturated carbocycles. The number of aliphatic imine (C=N–C) groups is 1. The molecule has 0 unspecified atom stereocenters. The summed E-state index contributed by atoms with van der Waals surface area (Å²) >= 11 is 0. The molecule has 0 aromatic heterocycles. The fourth-order valence-corrected chi connectivity index (χ4v) is 3.01. The SMILES string of the molecule is CN(C)C(=NCC1(c2ccc(F)cc2)CCOCC1)N(C)C.I. The smallest absolute Gasteiger partial charge is 0.195 e. The van der Waals surface area contributed by atoms with E-state index in [2.05, 4.69) is 0 Å². The van der Waals surface area contributed by atoms with Gasteiger partial charge < -0.3 is 14.5 Å². The third kappa shape index (κ3) is 5.04. The number of nitrogens with zero attached hydrogens (tertiary/aromatic N) is 3. The van der Waals surface area contributed by atoms with Crippen molar-refractivity contribution in [3.05, 3.63) is 35.6 Å². The Morgan fingerprint density at radius 2 is 1.61 bits per heavy atom. The molecule has 0 bridgehead atoms. The maximum atomic E-state index is 13.2. The number of hydrogen-bond donors (Lipinski definition) is 0. The van der Waals surface area contributed by atoms with Crippen LogP contribution in [0.3, 0.4) is 0 Å². The summed E-state index contributed by atoms with van der Waals surface area (Å²) in [5.41, 5.74) is 1.08. The Morgan fingerprint density at radius 3 is 2.09 bits per heavy atom. The molecule has 1 saturated heterocycles. The van der Waals surface area contributed by atoms with Crippen LogP contribution in [-0.4, -0.2) is 63.7 Å². The number of halogens is 2. The van der Waals surface area contributed by atoms with Crippen LogP contribution in [0.1, 0.15) is 18.4 Å². The number of guanidine groups is 1. The van der Waals surface area contributed by atoms with Gasteiger partial charge in [-0.25, -0.2) is 4.39 Å². The summed E-state index contributed by atoms with van der Waals surface area (Å²) in [5, 5.41) is 0. The van der Waals surface area contributed by atoms with Crippen LogP contribution in [-0.2, 0) is 10.2 Å². The van der Waals surface area contributed by atoms with Gasteiger partial charge in [0, 0.05) is 46.8 Å². The number of benzene rings is 1. The summed E-state index contributed by atoms with van der Waals surface area (Å²) in [5.74, 6) is 0.740. The Labute approximate surface area is 155 Å². The molecule has 6 heteroatoms. The van der Waals surface area contributed by atoms with Gasteiger partial charge in [0.2, 0.25) is 0 Å². The molecular formula is C17H27FIN3O. The lowest BCUT2D eigenvalue weighted by molar-refractivity contribution is 0.0529. The van der Waals surface area contributed by atoms with Gasteiger partial charge in [-0.15, -0.1) is 24.0 Å². The van der Waals surface area contributed by atoms with Crippen LogP contribution in [0.2, 0.25) is 0 Å². The van der Waals surface area contributed by atoms with Crippen LogP contribution in [0, 0.1) is 5.82 Å². The minimum absolute atomic E-state index is 0. The van der Waals surface area contributed by atoms with E-state index in [-0.39, 0.29) is 35.2 Å². The summed E-state index contributed by atoms with van der Waals surface area (Å²) in [7, 11) is 7.97. The van der Waals surface area contributed by atoms with E-state index < -0.39 is 0 Å². The average Bonchev–Trinajstić information content (AvgIpc) is 2.48. The molecule has 1 fully saturated rings. The lowest BCUT2D eigenvalue weighted by Crippen LogP contribution is -2.40. The molecule has 0 spiro atoms. The van der Waals surface area contributed by atoms with Crippen molar-refractivity contribution in [3.63, 3.8) is 0 Å². The van der Waals surface area contributed by atoms with Crippen molar-refractivity contribution in [2.24, 2.45) is 4.99 Å². The van der Waals surface area contributed by atoms with Crippen LogP contribution in [0.25, 0.3) is 0 Å². The van der Waals surface area contributed by atoms with Crippen LogP contribution < -0.4 is 0 Å². The first-order valence-corrected chi connectivity index (χ1v) is 7.67. The Morgan fingerprint density at radius 1 is 1.09 bits per heavy atom. The second-order valence-corrected chi connectivity index (χ2v) is 6.30. The van der Waals surface area contributed by atoms with Crippen LogP contribution in [0.5, 0.6) is 0 Å². The van der Waals surface area contributed by atoms with E-state index in [1.807, 2.05) is 50.1 Å². The van der Waals surface area contributed by atoms with Crippen LogP contribution in [0.15, 0.2) is 29.3 Å². The van der Waals surface area contributed by atoms with Crippen molar-refractivity contribution >= 4 is 29.9 Å². The molecule has 0 aliphatic carbocycles. The van der Waals surface area contributed by atoms with Crippen LogP contribution >= 0.6 is 24.0 Å². The quantitative estimate of drug-likeness (QED) is 0.415. The summed E-state index contributed by atoms with van der Waals surface area (Å²) in [4.78, 5) is 8.86. The monoisotopic (exact) mass is 435 g/mol. The van der Waals surface area contributed by atoms with Gasteiger partial charge in [-0.3, -0.25) is 4.99 Å². The molecular weight excluding hydrogens is 408 g/mol. The number of rotatable bonds is 3. The Hall–Kier alpha value is -0.890. The second kappa shape index (κ2) is 8.82. The minimum Gasteiger partial charge on any atom is -0.381 e. The molecule has 1 aliphatic heterocycles. The van der Waals surface area contributed by atoms with E-state index in [1.165, 1.54) is 12.1 Å². The minimum atomic E-state index is -0.197. The molecule has 4 nitrogen and oxygen atoms in total. The summed E-state index contributed by atoms with van der Waals surface area (Å²) in [6.45, 7) is 2.14. The van der Waals surface area contributed by atoms with E-state index in [9.17, 15) is 4.39 Å². The fourth-order valence-electron chi connectivity index (χ4n) is 3.01. The highest BCUT2D eigenvalue weighted by molar-refractivity contribution is 14.0. The van der Waals surface area contributed by atoms with Gasteiger partial charge in [-0.05, 0) is 30.5 Å². The molecule has 130 valence electrons. The maximum absolute atomic E-state index is 13.2. The summed E-state index contributed by atoms with van der Waals surface area (Å²) in [6, 6.07) is 6.85. The average molecular weight is 435 g/mol. The fraction of sp³-hybridized carbons (Fsp3) is 0.588. The largest absolute Gasteiger partial charge is 0.381 e. The van der Waals surface area contributed by atoms with E-state index >= 15 is 0 Å². The predicted octanol–water partition coefficient (Wildman–Crippen LogP) is 2.97. The van der Waals surface area contributed by atoms with Crippen molar-refractivity contribution in [2.75, 3.05) is 47.9 Å². The van der Waals surface area contributed by atoms with Gasteiger partial charge >= 0.3 is 0 Å². The standard InChI is InChI=1S/C17H26FN3O.HI/c1-20(2)16(21(3)4)19-13-17(9-11-22-12-10-17)14-5-7-15(18)8-6-14;/h5-8H,9-13H2,1-4H3;1H. The normalized spacial score (nSPS) is 16.2. The van der Waals surface area contributed by atoms with Gasteiger partial charge in [-0.1, -0.05) is 12.1 Å². The Kier molecular flexibility index (Phi) is 7.73. The Balaban J connectivity index is 0.00000264. The van der Waals surface area contributed by atoms with Gasteiger partial charge in [0.25, 0.3) is 0 Å². The molecule has 0 amide bonds. The number of hydrogen-bond acceptors (Lipinski definition) is 2. The summed E-state index contributed by atoms with van der Waals surface area (Å²) in [6.07, 6.45) is 1.83. The molecule has 1 heterocycles. The van der Waals surface area contributed by atoms with E-state index in [4.69, 9.17) is 9.73 Å². The molecule has 1 aromatic rings. The molecule has 23 heavy (non-hydrogen) atoms. The van der Waals surface area contributed by atoms with Crippen molar-refractivity contribution in [2.45, 2.75) is 18.3 Å². The van der Waals surface area contributed by atoms with E-state index in [1.54, 1.807) is 0 Å². The lowest BCUT2D eigenvalue weighted by atomic mass is 9.74. The molecule has 0 atom stereocenters. The van der Waals surface area contributed by atoms with Crippen LogP contribution in [0.4, 0.5) is 4.39 Å². The highest BCUT2D eigenvalue weighted by Gasteiger charge is 2.34. The topological polar surface area (TPSA) is 28.1 Å². The van der Waals surface area contributed by atoms with E-state index in [0.717, 1.165) is 37.6 Å². The van der Waals surface area contributed by atoms with Crippen molar-refractivity contribution in [1.29, 1.82) is 0 Å². The zero-order valence-electron chi connectivity index (χ0n) is 14.4. The molecule has 1 aromatic carbocycles. The summed E-state index contributed by atoms with van der Waals surface area (Å²) < 4.78 is 18.8. The lowest BCUT2D eigenvalue weighted by Gasteiger charge is -2.37. The zero-order chi connectivity index (χ0) is 16.2. The van der Waals surface area contributed by atoms with Crippen molar-refractivity contribution in [3.8, 4) is 0 Å². The molecule has 0 N–H and O–H groups in total. The first-order chi connectivity index (χ1) is 10.4. The van der Waals surface area contributed by atoms with Gasteiger partial charge in [0.15, 0.2) is 5.96 Å². The van der Waals surface area contributed by atoms with Gasteiger partial charge in [-0.2, -0.15) is 0 Å². The molecule has 0 radical (unpaired) electrons. The first kappa shape index (κ1) is 20.2. The molecule has 1 aliphatic rings. The third-order valence-electron chi connectivity index (χ3n) is 4.23. The van der Waals surface area contributed by atoms with E-state index in [0.29, 0.717) is 6.54 Å². The first-order valence-electron chi connectivity index (χ1n) is 7.67.